The number of para-hydroxylation sites is 1. The lowest BCUT2D eigenvalue weighted by atomic mass is 10.0. The second-order valence-corrected chi connectivity index (χ2v) is 7.87. The number of aromatic nitrogens is 4. The Kier molecular flexibility index (Phi) is 6.70. The Labute approximate surface area is 196 Å². The minimum atomic E-state index is -0.319. The normalized spacial score (nSPS) is 11.3. The van der Waals surface area contributed by atoms with E-state index >= 15 is 0 Å². The number of hydrogen-bond acceptors (Lipinski definition) is 6. The van der Waals surface area contributed by atoms with E-state index in [1.165, 1.54) is 7.11 Å². The van der Waals surface area contributed by atoms with E-state index < -0.39 is 0 Å². The molecule has 168 valence electrons. The number of pyridine rings is 2. The molecule has 7 nitrogen and oxygen atoms in total. The smallest absolute Gasteiger partial charge is 0.309 e. The molecule has 0 aliphatic carbocycles. The minimum Gasteiger partial charge on any atom is -0.487 e. The molecule has 0 radical (unpaired) electrons. The molecule has 0 fully saturated rings. The number of benzene rings is 1. The summed E-state index contributed by atoms with van der Waals surface area (Å²) in [4.78, 5) is 20.3. The SMILES string of the molecule is COC(=O)C/C=C/c1cncc(Cl)c1COc1cccc2c(-c3ccnn3C)cc(C)nc12. The van der Waals surface area contributed by atoms with Crippen molar-refractivity contribution in [3.8, 4) is 17.0 Å². The van der Waals surface area contributed by atoms with Crippen molar-refractivity contribution in [3.05, 3.63) is 76.8 Å². The molecule has 1 aromatic carbocycles. The van der Waals surface area contributed by atoms with Gasteiger partial charge in [-0.15, -0.1) is 0 Å². The summed E-state index contributed by atoms with van der Waals surface area (Å²) in [5.41, 5.74) is 5.22. The number of carbonyl (C=O) groups excluding carboxylic acids is 1. The van der Waals surface area contributed by atoms with Gasteiger partial charge in [0.15, 0.2) is 0 Å². The highest BCUT2D eigenvalue weighted by atomic mass is 35.5. The summed E-state index contributed by atoms with van der Waals surface area (Å²) < 4.78 is 12.7. The van der Waals surface area contributed by atoms with E-state index in [-0.39, 0.29) is 19.0 Å². The first-order valence-corrected chi connectivity index (χ1v) is 10.7. The topological polar surface area (TPSA) is 79.1 Å². The van der Waals surface area contributed by atoms with Gasteiger partial charge in [0, 0.05) is 53.4 Å². The van der Waals surface area contributed by atoms with Crippen LogP contribution in [0.3, 0.4) is 0 Å². The summed E-state index contributed by atoms with van der Waals surface area (Å²) in [6, 6.07) is 9.89. The average molecular weight is 463 g/mol. The number of nitrogens with zero attached hydrogens (tertiary/aromatic N) is 4. The molecule has 0 aliphatic rings. The minimum absolute atomic E-state index is 0.159. The molecule has 0 atom stereocenters. The van der Waals surface area contributed by atoms with E-state index in [1.807, 2.05) is 49.0 Å². The van der Waals surface area contributed by atoms with Gasteiger partial charge >= 0.3 is 5.97 Å². The first kappa shape index (κ1) is 22.5. The Balaban J connectivity index is 1.67. The lowest BCUT2D eigenvalue weighted by Gasteiger charge is -2.14. The summed E-state index contributed by atoms with van der Waals surface area (Å²) >= 11 is 6.42. The molecule has 3 aromatic heterocycles. The maximum atomic E-state index is 11.4. The predicted molar refractivity (Wildman–Crippen MR) is 128 cm³/mol. The van der Waals surface area contributed by atoms with E-state index in [0.29, 0.717) is 10.8 Å². The molecule has 4 aromatic rings. The Hall–Kier alpha value is -3.71. The molecule has 0 aliphatic heterocycles. The highest BCUT2D eigenvalue weighted by Crippen LogP contribution is 2.33. The molecule has 3 heterocycles. The van der Waals surface area contributed by atoms with E-state index in [1.54, 1.807) is 30.7 Å². The van der Waals surface area contributed by atoms with Crippen molar-refractivity contribution in [1.82, 2.24) is 19.7 Å². The third kappa shape index (κ3) is 4.88. The number of aryl methyl sites for hydroxylation is 2. The largest absolute Gasteiger partial charge is 0.487 e. The number of carbonyl (C=O) groups is 1. The molecule has 0 spiro atoms. The molecular weight excluding hydrogens is 440 g/mol. The van der Waals surface area contributed by atoms with E-state index in [2.05, 4.69) is 14.8 Å². The summed E-state index contributed by atoms with van der Waals surface area (Å²) in [6.07, 6.45) is 8.70. The molecule has 0 amide bonds. The predicted octanol–water partition coefficient (Wildman–Crippen LogP) is 5.15. The molecule has 0 unspecified atom stereocenters. The average Bonchev–Trinajstić information content (AvgIpc) is 3.23. The Morgan fingerprint density at radius 1 is 1.24 bits per heavy atom. The summed E-state index contributed by atoms with van der Waals surface area (Å²) in [5.74, 6) is 0.331. The summed E-state index contributed by atoms with van der Waals surface area (Å²) in [6.45, 7) is 2.18. The molecule has 0 saturated heterocycles. The van der Waals surface area contributed by atoms with Crippen LogP contribution in [-0.4, -0.2) is 32.8 Å². The third-order valence-corrected chi connectivity index (χ3v) is 5.57. The molecular formula is C25H23ClN4O3. The van der Waals surface area contributed by atoms with Gasteiger partial charge in [-0.2, -0.15) is 5.10 Å². The number of fused-ring (bicyclic) bond motifs is 1. The van der Waals surface area contributed by atoms with Crippen molar-refractivity contribution in [2.75, 3.05) is 7.11 Å². The Morgan fingerprint density at radius 3 is 2.85 bits per heavy atom. The van der Waals surface area contributed by atoms with Crippen molar-refractivity contribution < 1.29 is 14.3 Å². The van der Waals surface area contributed by atoms with Gasteiger partial charge in [0.25, 0.3) is 0 Å². The van der Waals surface area contributed by atoms with Crippen LogP contribution in [0.1, 0.15) is 23.2 Å². The van der Waals surface area contributed by atoms with E-state index in [9.17, 15) is 4.79 Å². The van der Waals surface area contributed by atoms with Gasteiger partial charge in [0.05, 0.1) is 24.2 Å². The molecule has 33 heavy (non-hydrogen) atoms. The monoisotopic (exact) mass is 462 g/mol. The Morgan fingerprint density at radius 2 is 2.09 bits per heavy atom. The van der Waals surface area contributed by atoms with Gasteiger partial charge in [-0.3, -0.25) is 14.5 Å². The zero-order valence-electron chi connectivity index (χ0n) is 18.6. The van der Waals surface area contributed by atoms with Gasteiger partial charge in [0.2, 0.25) is 0 Å². The second-order valence-electron chi connectivity index (χ2n) is 7.46. The van der Waals surface area contributed by atoms with Gasteiger partial charge in [-0.25, -0.2) is 4.98 Å². The van der Waals surface area contributed by atoms with Gasteiger partial charge in [-0.05, 0) is 25.1 Å². The number of ether oxygens (including phenoxy) is 2. The van der Waals surface area contributed by atoms with Crippen molar-refractivity contribution in [2.24, 2.45) is 7.05 Å². The van der Waals surface area contributed by atoms with Crippen LogP contribution >= 0.6 is 11.6 Å². The number of rotatable bonds is 7. The molecule has 0 bridgehead atoms. The highest BCUT2D eigenvalue weighted by molar-refractivity contribution is 6.31. The molecule has 4 rings (SSSR count). The van der Waals surface area contributed by atoms with Crippen molar-refractivity contribution in [3.63, 3.8) is 0 Å². The van der Waals surface area contributed by atoms with Crippen LogP contribution in [0, 0.1) is 6.92 Å². The van der Waals surface area contributed by atoms with Crippen LogP contribution in [-0.2, 0) is 23.2 Å². The van der Waals surface area contributed by atoms with Crippen molar-refractivity contribution in [2.45, 2.75) is 20.0 Å². The summed E-state index contributed by atoms with van der Waals surface area (Å²) in [7, 11) is 3.27. The van der Waals surface area contributed by atoms with E-state index in [0.717, 1.165) is 39.0 Å². The highest BCUT2D eigenvalue weighted by Gasteiger charge is 2.14. The molecule has 0 N–H and O–H groups in total. The van der Waals surface area contributed by atoms with E-state index in [4.69, 9.17) is 21.3 Å². The first-order chi connectivity index (χ1) is 16.0. The zero-order chi connectivity index (χ0) is 23.4. The van der Waals surface area contributed by atoms with Crippen LogP contribution in [0.2, 0.25) is 5.02 Å². The lowest BCUT2D eigenvalue weighted by Crippen LogP contribution is -2.02. The van der Waals surface area contributed by atoms with Gasteiger partial charge < -0.3 is 9.47 Å². The van der Waals surface area contributed by atoms with Crippen LogP contribution in [0.5, 0.6) is 5.75 Å². The maximum absolute atomic E-state index is 11.4. The number of methoxy groups -OCH3 is 1. The molecule has 8 heteroatoms. The fourth-order valence-electron chi connectivity index (χ4n) is 3.60. The van der Waals surface area contributed by atoms with Crippen LogP contribution in [0.4, 0.5) is 0 Å². The molecule has 0 saturated carbocycles. The van der Waals surface area contributed by atoms with Crippen LogP contribution in [0.25, 0.3) is 28.2 Å². The summed E-state index contributed by atoms with van der Waals surface area (Å²) in [5, 5.41) is 5.75. The first-order valence-electron chi connectivity index (χ1n) is 10.3. The lowest BCUT2D eigenvalue weighted by molar-refractivity contribution is -0.139. The Bertz CT molecular complexity index is 1350. The van der Waals surface area contributed by atoms with Crippen LogP contribution < -0.4 is 4.74 Å². The second kappa shape index (κ2) is 9.83. The number of esters is 1. The number of halogens is 1. The fourth-order valence-corrected chi connectivity index (χ4v) is 3.82. The fraction of sp³-hybridized carbons (Fsp3) is 0.200. The van der Waals surface area contributed by atoms with Crippen LogP contribution in [0.15, 0.2) is 55.0 Å². The quantitative estimate of drug-likeness (QED) is 0.353. The maximum Gasteiger partial charge on any atom is 0.309 e. The number of hydrogen-bond donors (Lipinski definition) is 0. The van der Waals surface area contributed by atoms with Gasteiger partial charge in [0.1, 0.15) is 17.9 Å². The van der Waals surface area contributed by atoms with Crippen molar-refractivity contribution >= 4 is 34.5 Å². The van der Waals surface area contributed by atoms with Gasteiger partial charge in [-0.1, -0.05) is 35.9 Å². The standard InChI is InChI=1S/C25H23ClN4O3/c1-16-12-19(22-10-11-28-30(22)2)18-7-5-8-23(25(18)29-16)33-15-20-17(13-27-14-21(20)26)6-4-9-24(31)32-3/h4-8,10-14H,9,15H2,1-3H3/b6-4+. The zero-order valence-corrected chi connectivity index (χ0v) is 19.3. The van der Waals surface area contributed by atoms with Crippen molar-refractivity contribution in [1.29, 1.82) is 0 Å². The third-order valence-electron chi connectivity index (χ3n) is 5.25.